The Balaban J connectivity index is 3.32. The average molecular weight is 286 g/mol. The van der Waals surface area contributed by atoms with E-state index >= 15 is 0 Å². The van der Waals surface area contributed by atoms with Crippen LogP contribution in [-0.4, -0.2) is 18.4 Å². The number of carbonyl (C=O) groups is 2. The van der Waals surface area contributed by atoms with Gasteiger partial charge in [-0.15, -0.1) is 0 Å². The topological polar surface area (TPSA) is 43.4 Å². The molecule has 0 aliphatic heterocycles. The van der Waals surface area contributed by atoms with Crippen LogP contribution < -0.4 is 0 Å². The van der Waals surface area contributed by atoms with E-state index in [0.717, 1.165) is 19.1 Å². The van der Waals surface area contributed by atoms with E-state index in [9.17, 15) is 22.8 Å². The van der Waals surface area contributed by atoms with E-state index in [4.69, 9.17) is 0 Å². The number of ketones is 1. The number of alkyl halides is 3. The lowest BCUT2D eigenvalue weighted by Gasteiger charge is -2.11. The van der Waals surface area contributed by atoms with Crippen molar-refractivity contribution >= 4 is 17.8 Å². The number of hydrogen-bond donors (Lipinski definition) is 0. The molecule has 0 fully saturated rings. The number of halogens is 3. The van der Waals surface area contributed by atoms with Gasteiger partial charge in [0.15, 0.2) is 5.78 Å². The Morgan fingerprint density at radius 3 is 2.35 bits per heavy atom. The summed E-state index contributed by atoms with van der Waals surface area (Å²) in [5.41, 5.74) is -1.58. The Morgan fingerprint density at radius 1 is 1.25 bits per heavy atom. The molecule has 0 amide bonds. The van der Waals surface area contributed by atoms with Crippen molar-refractivity contribution in [2.75, 3.05) is 6.61 Å². The molecular weight excluding hydrogens is 273 g/mol. The average Bonchev–Trinajstić information content (AvgIpc) is 2.35. The third-order valence-electron chi connectivity index (χ3n) is 2.44. The fourth-order valence-corrected chi connectivity index (χ4v) is 1.55. The van der Waals surface area contributed by atoms with Gasteiger partial charge in [-0.1, -0.05) is 18.2 Å². The Morgan fingerprint density at radius 2 is 1.85 bits per heavy atom. The molecule has 1 rings (SSSR count). The lowest BCUT2D eigenvalue weighted by atomic mass is 10.0. The first-order valence-corrected chi connectivity index (χ1v) is 5.83. The van der Waals surface area contributed by atoms with Gasteiger partial charge in [-0.25, -0.2) is 4.79 Å². The summed E-state index contributed by atoms with van der Waals surface area (Å²) in [6, 6.07) is 4.70. The number of hydrogen-bond acceptors (Lipinski definition) is 3. The van der Waals surface area contributed by atoms with Crippen molar-refractivity contribution in [1.29, 1.82) is 0 Å². The van der Waals surface area contributed by atoms with Crippen molar-refractivity contribution in [3.05, 3.63) is 41.0 Å². The summed E-state index contributed by atoms with van der Waals surface area (Å²) in [4.78, 5) is 22.9. The van der Waals surface area contributed by atoms with Crippen molar-refractivity contribution in [3.63, 3.8) is 0 Å². The monoisotopic (exact) mass is 286 g/mol. The minimum atomic E-state index is -4.57. The summed E-state index contributed by atoms with van der Waals surface area (Å²) in [6.45, 7) is 2.67. The largest absolute Gasteiger partial charge is 0.462 e. The molecule has 20 heavy (non-hydrogen) atoms. The smallest absolute Gasteiger partial charge is 0.416 e. The van der Waals surface area contributed by atoms with Crippen LogP contribution in [0.25, 0.3) is 6.08 Å². The standard InChI is InChI=1S/C14H13F3O3/c1-3-20-13(19)11(9(2)18)8-10-6-4-5-7-12(10)14(15,16)17/h4-8H,3H2,1-2H3/b11-8+. The predicted molar refractivity (Wildman–Crippen MR) is 66.7 cm³/mol. The van der Waals surface area contributed by atoms with Gasteiger partial charge in [0.2, 0.25) is 0 Å². The van der Waals surface area contributed by atoms with E-state index in [0.29, 0.717) is 0 Å². The van der Waals surface area contributed by atoms with Crippen LogP contribution in [0, 0.1) is 0 Å². The van der Waals surface area contributed by atoms with Crippen molar-refractivity contribution < 1.29 is 27.5 Å². The van der Waals surface area contributed by atoms with Crippen LogP contribution in [-0.2, 0) is 20.5 Å². The molecule has 0 bridgehead atoms. The van der Waals surface area contributed by atoms with Gasteiger partial charge < -0.3 is 4.74 Å². The normalized spacial score (nSPS) is 12.2. The van der Waals surface area contributed by atoms with Gasteiger partial charge in [0, 0.05) is 0 Å². The molecule has 108 valence electrons. The van der Waals surface area contributed by atoms with Gasteiger partial charge in [0.25, 0.3) is 0 Å². The molecule has 0 aliphatic carbocycles. The van der Waals surface area contributed by atoms with E-state index in [-0.39, 0.29) is 12.2 Å². The summed E-state index contributed by atoms with van der Waals surface area (Å²) in [7, 11) is 0. The highest BCUT2D eigenvalue weighted by atomic mass is 19.4. The fraction of sp³-hybridized carbons (Fsp3) is 0.286. The number of carbonyl (C=O) groups excluding carboxylic acids is 2. The van der Waals surface area contributed by atoms with Crippen LogP contribution in [0.1, 0.15) is 25.0 Å². The second-order valence-electron chi connectivity index (χ2n) is 3.92. The van der Waals surface area contributed by atoms with Crippen LogP contribution in [0.3, 0.4) is 0 Å². The molecule has 0 saturated carbocycles. The van der Waals surface area contributed by atoms with Gasteiger partial charge >= 0.3 is 12.1 Å². The molecule has 0 unspecified atom stereocenters. The quantitative estimate of drug-likeness (QED) is 0.369. The van der Waals surface area contributed by atoms with Crippen LogP contribution in [0.5, 0.6) is 0 Å². The Labute approximate surface area is 114 Å². The van der Waals surface area contributed by atoms with E-state index in [2.05, 4.69) is 4.74 Å². The second kappa shape index (κ2) is 6.36. The highest BCUT2D eigenvalue weighted by molar-refractivity contribution is 6.19. The first-order valence-electron chi connectivity index (χ1n) is 5.83. The molecule has 0 aromatic heterocycles. The number of Topliss-reactive ketones (excluding diaryl/α,β-unsaturated/α-hetero) is 1. The number of rotatable bonds is 4. The number of esters is 1. The maximum Gasteiger partial charge on any atom is 0.416 e. The first-order chi connectivity index (χ1) is 9.27. The zero-order valence-electron chi connectivity index (χ0n) is 11.0. The molecule has 0 spiro atoms. The van der Waals surface area contributed by atoms with Gasteiger partial charge in [-0.3, -0.25) is 4.79 Å². The number of benzene rings is 1. The van der Waals surface area contributed by atoms with Crippen molar-refractivity contribution in [2.45, 2.75) is 20.0 Å². The summed E-state index contributed by atoms with van der Waals surface area (Å²) in [5, 5.41) is 0. The molecule has 0 saturated heterocycles. The van der Waals surface area contributed by atoms with Gasteiger partial charge in [-0.2, -0.15) is 13.2 Å². The summed E-state index contributed by atoms with van der Waals surface area (Å²) >= 11 is 0. The molecule has 1 aromatic carbocycles. The maximum atomic E-state index is 12.8. The lowest BCUT2D eigenvalue weighted by Crippen LogP contribution is -2.14. The van der Waals surface area contributed by atoms with Crippen molar-refractivity contribution in [2.24, 2.45) is 0 Å². The molecule has 6 heteroatoms. The fourth-order valence-electron chi connectivity index (χ4n) is 1.55. The Bertz CT molecular complexity index is 545. The van der Waals surface area contributed by atoms with Crippen LogP contribution in [0.4, 0.5) is 13.2 Å². The van der Waals surface area contributed by atoms with Crippen LogP contribution >= 0.6 is 0 Å². The van der Waals surface area contributed by atoms with Gasteiger partial charge in [0.1, 0.15) is 5.57 Å². The zero-order valence-corrected chi connectivity index (χ0v) is 11.0. The van der Waals surface area contributed by atoms with Crippen molar-refractivity contribution in [3.8, 4) is 0 Å². The maximum absolute atomic E-state index is 12.8. The van der Waals surface area contributed by atoms with Crippen molar-refractivity contribution in [1.82, 2.24) is 0 Å². The highest BCUT2D eigenvalue weighted by Crippen LogP contribution is 2.32. The molecule has 0 N–H and O–H groups in total. The van der Waals surface area contributed by atoms with E-state index in [1.165, 1.54) is 18.2 Å². The van der Waals surface area contributed by atoms with E-state index in [1.807, 2.05) is 0 Å². The van der Waals surface area contributed by atoms with E-state index in [1.54, 1.807) is 6.92 Å². The van der Waals surface area contributed by atoms with Gasteiger partial charge in [-0.05, 0) is 31.6 Å². The van der Waals surface area contributed by atoms with Crippen LogP contribution in [0.2, 0.25) is 0 Å². The molecule has 0 atom stereocenters. The SMILES string of the molecule is CCOC(=O)/C(=C/c1ccccc1C(F)(F)F)C(C)=O. The predicted octanol–water partition coefficient (Wildman–Crippen LogP) is 3.24. The molecule has 3 nitrogen and oxygen atoms in total. The molecule has 0 radical (unpaired) electrons. The van der Waals surface area contributed by atoms with Crippen LogP contribution in [0.15, 0.2) is 29.8 Å². The first kappa shape index (κ1) is 15.9. The summed E-state index contributed by atoms with van der Waals surface area (Å²) in [5.74, 6) is -1.59. The Kier molecular flexibility index (Phi) is 5.07. The molecule has 0 aliphatic rings. The third-order valence-corrected chi connectivity index (χ3v) is 2.44. The van der Waals surface area contributed by atoms with Gasteiger partial charge in [0.05, 0.1) is 12.2 Å². The highest BCUT2D eigenvalue weighted by Gasteiger charge is 2.32. The second-order valence-corrected chi connectivity index (χ2v) is 3.92. The summed E-state index contributed by atoms with van der Waals surface area (Å²) < 4.78 is 43.1. The molecule has 1 aromatic rings. The third kappa shape index (κ3) is 3.94. The number of ether oxygens (including phenoxy) is 1. The zero-order chi connectivity index (χ0) is 15.3. The lowest BCUT2D eigenvalue weighted by molar-refractivity contribution is -0.140. The molecular formula is C14H13F3O3. The minimum Gasteiger partial charge on any atom is -0.462 e. The summed E-state index contributed by atoms with van der Waals surface area (Å²) in [6.07, 6.45) is -3.66. The molecule has 0 heterocycles. The Hall–Kier alpha value is -2.11. The minimum absolute atomic E-state index is 0.0321. The van der Waals surface area contributed by atoms with E-state index < -0.39 is 29.1 Å².